The molecule has 5 nitrogen and oxygen atoms in total. The second-order valence-corrected chi connectivity index (χ2v) is 9.92. The number of aliphatic carboxylic acids is 1. The van der Waals surface area contributed by atoms with Crippen molar-refractivity contribution in [3.8, 4) is 0 Å². The van der Waals surface area contributed by atoms with Crippen LogP contribution in [0.1, 0.15) is 50.2 Å². The van der Waals surface area contributed by atoms with Crippen LogP contribution in [-0.2, 0) is 16.0 Å². The molecule has 0 bridgehead atoms. The van der Waals surface area contributed by atoms with Crippen LogP contribution in [-0.4, -0.2) is 46.6 Å². The van der Waals surface area contributed by atoms with E-state index in [2.05, 4.69) is 43.0 Å². The van der Waals surface area contributed by atoms with Crippen LogP contribution in [0.5, 0.6) is 0 Å². The van der Waals surface area contributed by atoms with E-state index < -0.39 is 5.97 Å². The fourth-order valence-corrected chi connectivity index (χ4v) is 5.92. The van der Waals surface area contributed by atoms with Crippen LogP contribution in [0.3, 0.4) is 0 Å². The van der Waals surface area contributed by atoms with Crippen molar-refractivity contribution in [1.29, 1.82) is 0 Å². The standard InChI is InChI=1S/C27H33FN2O3/c1-19-6-3-9-23(14-19)30-24-12-13-29(25(31)10-5-11-26(32)33)18-21(24)17-27(30,2)16-20-7-4-8-22(28)15-20/h3-4,6-9,14-15,21,24H,5,10-13,16-18H2,1-2H3,(H,32,33)/t21-,24+,27-/m1/s1. The van der Waals surface area contributed by atoms with Crippen LogP contribution in [0.4, 0.5) is 10.1 Å². The molecule has 0 radical (unpaired) electrons. The number of carboxylic acid groups (broad SMARTS) is 1. The third kappa shape index (κ3) is 5.21. The number of benzene rings is 2. The molecule has 2 aliphatic rings. The molecular formula is C27H33FN2O3. The summed E-state index contributed by atoms with van der Waals surface area (Å²) in [6, 6.07) is 15.7. The highest BCUT2D eigenvalue weighted by molar-refractivity contribution is 5.77. The zero-order chi connectivity index (χ0) is 23.6. The van der Waals surface area contributed by atoms with E-state index in [0.29, 0.717) is 31.5 Å². The van der Waals surface area contributed by atoms with E-state index in [-0.39, 0.29) is 30.1 Å². The number of halogens is 1. The van der Waals surface area contributed by atoms with E-state index in [1.165, 1.54) is 17.3 Å². The first kappa shape index (κ1) is 23.3. The van der Waals surface area contributed by atoms with Crippen molar-refractivity contribution in [1.82, 2.24) is 4.90 Å². The Morgan fingerprint density at radius 2 is 1.94 bits per heavy atom. The Kier molecular flexibility index (Phi) is 6.73. The van der Waals surface area contributed by atoms with Crippen molar-refractivity contribution in [3.05, 3.63) is 65.5 Å². The quantitative estimate of drug-likeness (QED) is 0.655. The molecule has 0 aromatic heterocycles. The first-order valence-corrected chi connectivity index (χ1v) is 11.9. The molecule has 1 amide bonds. The molecule has 3 atom stereocenters. The lowest BCUT2D eigenvalue weighted by Crippen LogP contribution is -2.51. The molecule has 176 valence electrons. The average molecular weight is 453 g/mol. The van der Waals surface area contributed by atoms with Gasteiger partial charge in [0.25, 0.3) is 0 Å². The maximum Gasteiger partial charge on any atom is 0.303 e. The number of aryl methyl sites for hydroxylation is 1. The van der Waals surface area contributed by atoms with Crippen molar-refractivity contribution in [2.45, 2.75) is 64.0 Å². The topological polar surface area (TPSA) is 60.9 Å². The highest BCUT2D eigenvalue weighted by atomic mass is 19.1. The Labute approximate surface area is 195 Å². The summed E-state index contributed by atoms with van der Waals surface area (Å²) in [6.07, 6.45) is 3.22. The van der Waals surface area contributed by atoms with Gasteiger partial charge in [0.05, 0.1) is 0 Å². The van der Waals surface area contributed by atoms with Crippen LogP contribution in [0.2, 0.25) is 0 Å². The van der Waals surface area contributed by atoms with E-state index in [9.17, 15) is 14.0 Å². The van der Waals surface area contributed by atoms with Crippen molar-refractivity contribution >= 4 is 17.6 Å². The Morgan fingerprint density at radius 3 is 2.67 bits per heavy atom. The van der Waals surface area contributed by atoms with Crippen LogP contribution in [0.25, 0.3) is 0 Å². The van der Waals surface area contributed by atoms with Crippen molar-refractivity contribution < 1.29 is 19.1 Å². The van der Waals surface area contributed by atoms with Gasteiger partial charge in [-0.2, -0.15) is 0 Å². The number of carboxylic acids is 1. The van der Waals surface area contributed by atoms with Gasteiger partial charge in [0.2, 0.25) is 5.91 Å². The number of anilines is 1. The molecule has 1 N–H and O–H groups in total. The highest BCUT2D eigenvalue weighted by Crippen LogP contribution is 2.46. The molecule has 2 aliphatic heterocycles. The van der Waals surface area contributed by atoms with Gasteiger partial charge in [-0.15, -0.1) is 0 Å². The van der Waals surface area contributed by atoms with Gasteiger partial charge in [-0.1, -0.05) is 24.3 Å². The van der Waals surface area contributed by atoms with Crippen molar-refractivity contribution in [2.24, 2.45) is 5.92 Å². The second kappa shape index (κ2) is 9.54. The molecule has 2 fully saturated rings. The summed E-state index contributed by atoms with van der Waals surface area (Å²) >= 11 is 0. The minimum atomic E-state index is -0.862. The van der Waals surface area contributed by atoms with Gasteiger partial charge < -0.3 is 14.9 Å². The predicted octanol–water partition coefficient (Wildman–Crippen LogP) is 4.82. The number of carbonyl (C=O) groups excluding carboxylic acids is 1. The Morgan fingerprint density at radius 1 is 1.15 bits per heavy atom. The zero-order valence-corrected chi connectivity index (χ0v) is 19.5. The smallest absolute Gasteiger partial charge is 0.303 e. The SMILES string of the molecule is Cc1cccc(N2[C@H]3CCN(C(=O)CCCC(=O)O)C[C@H]3C[C@@]2(C)Cc2cccc(F)c2)c1. The lowest BCUT2D eigenvalue weighted by molar-refractivity contribution is -0.137. The number of likely N-dealkylation sites (tertiary alicyclic amines) is 1. The normalized spacial score (nSPS) is 24.6. The van der Waals surface area contributed by atoms with Gasteiger partial charge in [-0.05, 0) is 80.8 Å². The maximum atomic E-state index is 13.9. The third-order valence-electron chi connectivity index (χ3n) is 7.20. The predicted molar refractivity (Wildman–Crippen MR) is 127 cm³/mol. The van der Waals surface area contributed by atoms with Crippen LogP contribution < -0.4 is 4.90 Å². The molecule has 2 aromatic carbocycles. The maximum absolute atomic E-state index is 13.9. The number of amides is 1. The molecule has 2 aromatic rings. The van der Waals surface area contributed by atoms with Crippen LogP contribution in [0, 0.1) is 18.7 Å². The fourth-order valence-electron chi connectivity index (χ4n) is 5.92. The second-order valence-electron chi connectivity index (χ2n) is 9.92. The number of fused-ring (bicyclic) bond motifs is 1. The minimum absolute atomic E-state index is 0.0263. The third-order valence-corrected chi connectivity index (χ3v) is 7.20. The van der Waals surface area contributed by atoms with Gasteiger partial charge in [0.1, 0.15) is 5.82 Å². The van der Waals surface area contributed by atoms with Crippen molar-refractivity contribution in [3.63, 3.8) is 0 Å². The first-order chi connectivity index (χ1) is 15.7. The number of piperidine rings is 1. The van der Waals surface area contributed by atoms with E-state index in [1.807, 2.05) is 11.0 Å². The summed E-state index contributed by atoms with van der Waals surface area (Å²) in [6.45, 7) is 5.74. The lowest BCUT2D eigenvalue weighted by atomic mass is 9.85. The molecule has 2 heterocycles. The van der Waals surface area contributed by atoms with E-state index in [1.54, 1.807) is 12.1 Å². The summed E-state index contributed by atoms with van der Waals surface area (Å²) in [7, 11) is 0. The lowest BCUT2D eigenvalue weighted by Gasteiger charge is -2.43. The fraction of sp³-hybridized carbons (Fsp3) is 0.481. The molecule has 33 heavy (non-hydrogen) atoms. The van der Waals surface area contributed by atoms with E-state index >= 15 is 0 Å². The Balaban J connectivity index is 1.57. The Hall–Kier alpha value is -2.89. The number of nitrogens with zero attached hydrogens (tertiary/aromatic N) is 2. The van der Waals surface area contributed by atoms with E-state index in [0.717, 1.165) is 24.8 Å². The minimum Gasteiger partial charge on any atom is -0.481 e. The number of rotatable bonds is 7. The molecule has 2 saturated heterocycles. The average Bonchev–Trinajstić information content (AvgIpc) is 3.03. The van der Waals surface area contributed by atoms with Crippen LogP contribution in [0.15, 0.2) is 48.5 Å². The molecular weight excluding hydrogens is 419 g/mol. The molecule has 6 heteroatoms. The van der Waals surface area contributed by atoms with Crippen molar-refractivity contribution in [2.75, 3.05) is 18.0 Å². The van der Waals surface area contributed by atoms with Gasteiger partial charge >= 0.3 is 5.97 Å². The largest absolute Gasteiger partial charge is 0.481 e. The van der Waals surface area contributed by atoms with Crippen LogP contribution >= 0.6 is 0 Å². The van der Waals surface area contributed by atoms with E-state index in [4.69, 9.17) is 5.11 Å². The number of hydrogen-bond donors (Lipinski definition) is 1. The summed E-state index contributed by atoms with van der Waals surface area (Å²) < 4.78 is 13.9. The molecule has 0 saturated carbocycles. The Bertz CT molecular complexity index is 1030. The molecule has 0 unspecified atom stereocenters. The number of carbonyl (C=O) groups is 2. The molecule has 0 aliphatic carbocycles. The van der Waals surface area contributed by atoms with Gasteiger partial charge in [-0.25, -0.2) is 4.39 Å². The summed E-state index contributed by atoms with van der Waals surface area (Å²) in [4.78, 5) is 28.0. The molecule has 4 rings (SSSR count). The highest BCUT2D eigenvalue weighted by Gasteiger charge is 2.50. The number of hydrogen-bond acceptors (Lipinski definition) is 3. The van der Waals surface area contributed by atoms with Gasteiger partial charge in [0, 0.05) is 43.2 Å². The monoisotopic (exact) mass is 452 g/mol. The van der Waals surface area contributed by atoms with Gasteiger partial charge in [-0.3, -0.25) is 9.59 Å². The van der Waals surface area contributed by atoms with Gasteiger partial charge in [0.15, 0.2) is 0 Å². The summed E-state index contributed by atoms with van der Waals surface area (Å²) in [5, 5.41) is 8.86. The first-order valence-electron chi connectivity index (χ1n) is 11.9. The summed E-state index contributed by atoms with van der Waals surface area (Å²) in [5.41, 5.74) is 3.17. The summed E-state index contributed by atoms with van der Waals surface area (Å²) in [5.74, 6) is -0.706. The molecule has 0 spiro atoms. The zero-order valence-electron chi connectivity index (χ0n) is 19.5.